The molecular formula is C17H26. The molecule has 0 amide bonds. The summed E-state index contributed by atoms with van der Waals surface area (Å²) in [5.41, 5.74) is 4.92. The zero-order chi connectivity index (χ0) is 12.4. The second-order valence-electron chi connectivity index (χ2n) is 6.40. The van der Waals surface area contributed by atoms with E-state index in [9.17, 15) is 0 Å². The van der Waals surface area contributed by atoms with E-state index in [0.717, 1.165) is 17.8 Å². The Kier molecular flexibility index (Phi) is 3.91. The molecule has 0 aliphatic heterocycles. The van der Waals surface area contributed by atoms with Crippen molar-refractivity contribution in [1.29, 1.82) is 0 Å². The lowest BCUT2D eigenvalue weighted by Gasteiger charge is -2.29. The number of rotatable bonds is 3. The van der Waals surface area contributed by atoms with E-state index >= 15 is 0 Å². The van der Waals surface area contributed by atoms with E-state index in [2.05, 4.69) is 45.9 Å². The standard InChI is InChI=1S/C17H26/c1-12(2)10-15-6-5-7-16-11-14(13(3)4)8-9-17(15)16/h5-7,12-14H,8-11H2,1-4H3. The van der Waals surface area contributed by atoms with Crippen LogP contribution in [0.2, 0.25) is 0 Å². The smallest absolute Gasteiger partial charge is 0.0245 e. The van der Waals surface area contributed by atoms with Crippen LogP contribution in [0.4, 0.5) is 0 Å². The Morgan fingerprint density at radius 1 is 1.18 bits per heavy atom. The van der Waals surface area contributed by atoms with Crippen molar-refractivity contribution < 1.29 is 0 Å². The van der Waals surface area contributed by atoms with Gasteiger partial charge in [-0.1, -0.05) is 45.9 Å². The minimum atomic E-state index is 0.768. The fraction of sp³-hybridized carbons (Fsp3) is 0.647. The third-order valence-corrected chi connectivity index (χ3v) is 4.19. The fourth-order valence-electron chi connectivity index (χ4n) is 3.11. The van der Waals surface area contributed by atoms with Gasteiger partial charge >= 0.3 is 0 Å². The summed E-state index contributed by atoms with van der Waals surface area (Å²) >= 11 is 0. The summed E-state index contributed by atoms with van der Waals surface area (Å²) in [5.74, 6) is 2.50. The fourth-order valence-corrected chi connectivity index (χ4v) is 3.11. The summed E-state index contributed by atoms with van der Waals surface area (Å²) in [6, 6.07) is 6.96. The summed E-state index contributed by atoms with van der Waals surface area (Å²) in [7, 11) is 0. The van der Waals surface area contributed by atoms with Crippen LogP contribution in [-0.2, 0) is 19.3 Å². The third-order valence-electron chi connectivity index (χ3n) is 4.19. The van der Waals surface area contributed by atoms with Gasteiger partial charge in [0.25, 0.3) is 0 Å². The highest BCUT2D eigenvalue weighted by molar-refractivity contribution is 5.37. The summed E-state index contributed by atoms with van der Waals surface area (Å²) in [6.45, 7) is 9.37. The van der Waals surface area contributed by atoms with Crippen molar-refractivity contribution in [2.75, 3.05) is 0 Å². The van der Waals surface area contributed by atoms with E-state index in [1.165, 1.54) is 25.7 Å². The van der Waals surface area contributed by atoms with Crippen LogP contribution >= 0.6 is 0 Å². The monoisotopic (exact) mass is 230 g/mol. The van der Waals surface area contributed by atoms with Gasteiger partial charge in [0.1, 0.15) is 0 Å². The van der Waals surface area contributed by atoms with E-state index in [4.69, 9.17) is 0 Å². The number of hydrogen-bond acceptors (Lipinski definition) is 0. The molecule has 1 aliphatic carbocycles. The van der Waals surface area contributed by atoms with Crippen molar-refractivity contribution in [3.05, 3.63) is 34.9 Å². The molecule has 1 atom stereocenters. The Balaban J connectivity index is 2.23. The first kappa shape index (κ1) is 12.7. The molecule has 0 N–H and O–H groups in total. The predicted octanol–water partition coefficient (Wildman–Crippen LogP) is 4.65. The van der Waals surface area contributed by atoms with Crippen molar-refractivity contribution >= 4 is 0 Å². The molecule has 1 aliphatic rings. The lowest BCUT2D eigenvalue weighted by Crippen LogP contribution is -2.20. The Hall–Kier alpha value is -0.780. The summed E-state index contributed by atoms with van der Waals surface area (Å²) in [6.07, 6.45) is 5.25. The lowest BCUT2D eigenvalue weighted by molar-refractivity contribution is 0.342. The molecule has 94 valence electrons. The van der Waals surface area contributed by atoms with Crippen molar-refractivity contribution in [3.8, 4) is 0 Å². The van der Waals surface area contributed by atoms with Gasteiger partial charge < -0.3 is 0 Å². The van der Waals surface area contributed by atoms with Crippen molar-refractivity contribution in [2.24, 2.45) is 17.8 Å². The molecule has 0 saturated heterocycles. The van der Waals surface area contributed by atoms with E-state index in [-0.39, 0.29) is 0 Å². The zero-order valence-corrected chi connectivity index (χ0v) is 11.8. The Bertz CT molecular complexity index is 374. The SMILES string of the molecule is CC(C)Cc1cccc2c1CCC(C(C)C)C2. The third kappa shape index (κ3) is 2.91. The molecule has 17 heavy (non-hydrogen) atoms. The molecule has 0 saturated carbocycles. The molecule has 0 heterocycles. The van der Waals surface area contributed by atoms with Crippen LogP contribution in [0.15, 0.2) is 18.2 Å². The largest absolute Gasteiger partial charge is 0.0625 e. The molecule has 0 spiro atoms. The van der Waals surface area contributed by atoms with Crippen LogP contribution < -0.4 is 0 Å². The normalized spacial score (nSPS) is 19.8. The molecule has 0 radical (unpaired) electrons. The molecule has 2 rings (SSSR count). The van der Waals surface area contributed by atoms with Crippen LogP contribution in [0.5, 0.6) is 0 Å². The van der Waals surface area contributed by atoms with Gasteiger partial charge in [-0.2, -0.15) is 0 Å². The molecule has 0 heteroatoms. The molecule has 0 nitrogen and oxygen atoms in total. The topological polar surface area (TPSA) is 0 Å². The average Bonchev–Trinajstić information content (AvgIpc) is 2.28. The van der Waals surface area contributed by atoms with Gasteiger partial charge in [-0.15, -0.1) is 0 Å². The maximum atomic E-state index is 2.37. The molecule has 1 aromatic carbocycles. The number of fused-ring (bicyclic) bond motifs is 1. The van der Waals surface area contributed by atoms with Crippen LogP contribution in [-0.4, -0.2) is 0 Å². The molecule has 1 aromatic rings. The van der Waals surface area contributed by atoms with Crippen LogP contribution in [0.25, 0.3) is 0 Å². The van der Waals surface area contributed by atoms with Crippen molar-refractivity contribution in [3.63, 3.8) is 0 Å². The molecule has 0 aromatic heterocycles. The molecular weight excluding hydrogens is 204 g/mol. The average molecular weight is 230 g/mol. The van der Waals surface area contributed by atoms with Gasteiger partial charge in [0, 0.05) is 0 Å². The van der Waals surface area contributed by atoms with Gasteiger partial charge in [-0.3, -0.25) is 0 Å². The van der Waals surface area contributed by atoms with E-state index in [1.54, 1.807) is 16.7 Å². The zero-order valence-electron chi connectivity index (χ0n) is 11.8. The van der Waals surface area contributed by atoms with E-state index in [1.807, 2.05) is 0 Å². The highest BCUT2D eigenvalue weighted by Crippen LogP contribution is 2.32. The van der Waals surface area contributed by atoms with Gasteiger partial charge in [0.2, 0.25) is 0 Å². The second-order valence-corrected chi connectivity index (χ2v) is 6.40. The summed E-state index contributed by atoms with van der Waals surface area (Å²) in [5, 5.41) is 0. The highest BCUT2D eigenvalue weighted by Gasteiger charge is 2.22. The summed E-state index contributed by atoms with van der Waals surface area (Å²) in [4.78, 5) is 0. The number of hydrogen-bond donors (Lipinski definition) is 0. The Morgan fingerprint density at radius 3 is 2.59 bits per heavy atom. The highest BCUT2D eigenvalue weighted by atomic mass is 14.3. The Labute approximate surface area is 106 Å². The maximum Gasteiger partial charge on any atom is -0.0245 e. The lowest BCUT2D eigenvalue weighted by atomic mass is 9.76. The van der Waals surface area contributed by atoms with Crippen LogP contribution in [0, 0.1) is 17.8 Å². The van der Waals surface area contributed by atoms with Crippen molar-refractivity contribution in [1.82, 2.24) is 0 Å². The minimum Gasteiger partial charge on any atom is -0.0625 e. The second kappa shape index (κ2) is 5.25. The number of benzene rings is 1. The summed E-state index contributed by atoms with van der Waals surface area (Å²) < 4.78 is 0. The van der Waals surface area contributed by atoms with Crippen LogP contribution in [0.3, 0.4) is 0 Å². The molecule has 1 unspecified atom stereocenters. The Morgan fingerprint density at radius 2 is 1.94 bits per heavy atom. The molecule has 0 fully saturated rings. The van der Waals surface area contributed by atoms with Gasteiger partial charge in [0.05, 0.1) is 0 Å². The predicted molar refractivity (Wildman–Crippen MR) is 75.3 cm³/mol. The van der Waals surface area contributed by atoms with Gasteiger partial charge in [-0.25, -0.2) is 0 Å². The van der Waals surface area contributed by atoms with Gasteiger partial charge in [0.15, 0.2) is 0 Å². The van der Waals surface area contributed by atoms with E-state index in [0.29, 0.717) is 0 Å². The minimum absolute atomic E-state index is 0.768. The first-order valence-electron chi connectivity index (χ1n) is 7.17. The molecule has 0 bridgehead atoms. The van der Waals surface area contributed by atoms with Crippen molar-refractivity contribution in [2.45, 2.75) is 53.4 Å². The quantitative estimate of drug-likeness (QED) is 0.709. The first-order chi connectivity index (χ1) is 8.08. The van der Waals surface area contributed by atoms with E-state index < -0.39 is 0 Å². The van der Waals surface area contributed by atoms with Gasteiger partial charge in [-0.05, 0) is 60.1 Å². The first-order valence-corrected chi connectivity index (χ1v) is 7.17. The maximum absolute atomic E-state index is 2.37. The van der Waals surface area contributed by atoms with Crippen LogP contribution in [0.1, 0.15) is 50.8 Å².